The van der Waals surface area contributed by atoms with Crippen LogP contribution in [-0.2, 0) is 9.84 Å². The van der Waals surface area contributed by atoms with Gasteiger partial charge >= 0.3 is 0 Å². The molecule has 1 fully saturated rings. The number of hydrogen-bond acceptors (Lipinski definition) is 6. The molecule has 2 unspecified atom stereocenters. The molecule has 2 heterocycles. The smallest absolute Gasteiger partial charge is 0.187 e. The Morgan fingerprint density at radius 3 is 2.50 bits per heavy atom. The minimum atomic E-state index is -3.10. The lowest BCUT2D eigenvalue weighted by atomic mass is 10.3. The van der Waals surface area contributed by atoms with E-state index in [-0.39, 0.29) is 16.8 Å². The highest BCUT2D eigenvalue weighted by Crippen LogP contribution is 2.28. The van der Waals surface area contributed by atoms with Crippen molar-refractivity contribution in [1.82, 2.24) is 9.97 Å². The number of rotatable bonds is 2. The van der Waals surface area contributed by atoms with Crippen LogP contribution in [0.4, 0.5) is 0 Å². The molecule has 1 saturated heterocycles. The summed E-state index contributed by atoms with van der Waals surface area (Å²) in [4.78, 5) is 8.14. The van der Waals surface area contributed by atoms with E-state index >= 15 is 0 Å². The molecule has 2 atom stereocenters. The largest absolute Gasteiger partial charge is 0.391 e. The average molecular weight is 260 g/mol. The van der Waals surface area contributed by atoms with Gasteiger partial charge in [0.2, 0.25) is 0 Å². The average Bonchev–Trinajstić information content (AvgIpc) is 2.44. The number of aliphatic hydroxyl groups is 1. The van der Waals surface area contributed by atoms with Gasteiger partial charge in [-0.25, -0.2) is 18.4 Å². The van der Waals surface area contributed by atoms with Gasteiger partial charge < -0.3 is 5.11 Å². The van der Waals surface area contributed by atoms with E-state index in [9.17, 15) is 13.5 Å². The van der Waals surface area contributed by atoms with Crippen molar-refractivity contribution >= 4 is 21.6 Å². The van der Waals surface area contributed by atoms with Gasteiger partial charge in [-0.2, -0.15) is 0 Å². The first-order valence-corrected chi connectivity index (χ1v) is 7.50. The van der Waals surface area contributed by atoms with Crippen molar-refractivity contribution in [2.45, 2.75) is 23.4 Å². The van der Waals surface area contributed by atoms with E-state index in [1.54, 1.807) is 12.4 Å². The molecule has 0 spiro atoms. The molecule has 1 aliphatic rings. The van der Waals surface area contributed by atoms with Crippen molar-refractivity contribution < 1.29 is 13.5 Å². The van der Waals surface area contributed by atoms with Gasteiger partial charge in [0.15, 0.2) is 15.0 Å². The maximum Gasteiger partial charge on any atom is 0.187 e. The number of thioether (sulfide) groups is 1. The molecule has 88 valence electrons. The zero-order valence-corrected chi connectivity index (χ0v) is 10.3. The molecule has 0 saturated carbocycles. The SMILES string of the molecule is Cc1cnc(SC2CS(=O)(=O)CC2O)nc1. The van der Waals surface area contributed by atoms with Gasteiger partial charge in [0.05, 0.1) is 22.9 Å². The Balaban J connectivity index is 2.08. The summed E-state index contributed by atoms with van der Waals surface area (Å²) in [6.45, 7) is 1.88. The molecule has 16 heavy (non-hydrogen) atoms. The van der Waals surface area contributed by atoms with Crippen LogP contribution in [0.2, 0.25) is 0 Å². The predicted octanol–water partition coefficient (Wildman–Crippen LogP) is 0.0350. The molecular weight excluding hydrogens is 248 g/mol. The monoisotopic (exact) mass is 260 g/mol. The minimum absolute atomic E-state index is 0.00390. The molecule has 7 heteroatoms. The van der Waals surface area contributed by atoms with Gasteiger partial charge in [-0.05, 0) is 12.5 Å². The zero-order valence-electron chi connectivity index (χ0n) is 8.70. The first-order chi connectivity index (χ1) is 7.46. The van der Waals surface area contributed by atoms with Crippen molar-refractivity contribution in [3.63, 3.8) is 0 Å². The molecular formula is C9H12N2O3S2. The van der Waals surface area contributed by atoms with Crippen molar-refractivity contribution in [2.75, 3.05) is 11.5 Å². The third-order valence-corrected chi connectivity index (χ3v) is 5.42. The van der Waals surface area contributed by atoms with Gasteiger partial charge in [-0.15, -0.1) is 0 Å². The molecule has 5 nitrogen and oxygen atoms in total. The quantitative estimate of drug-likeness (QED) is 0.756. The zero-order chi connectivity index (χ0) is 11.8. The van der Waals surface area contributed by atoms with Crippen molar-refractivity contribution in [3.8, 4) is 0 Å². The van der Waals surface area contributed by atoms with Gasteiger partial charge in [0, 0.05) is 12.4 Å². The summed E-state index contributed by atoms with van der Waals surface area (Å²) in [5.41, 5.74) is 0.948. The van der Waals surface area contributed by atoms with Crippen molar-refractivity contribution in [1.29, 1.82) is 0 Å². The molecule has 1 aromatic rings. The van der Waals surface area contributed by atoms with Gasteiger partial charge in [0.25, 0.3) is 0 Å². The second-order valence-corrected chi connectivity index (χ2v) is 7.20. The third kappa shape index (κ3) is 2.72. The fourth-order valence-electron chi connectivity index (χ4n) is 1.49. The summed E-state index contributed by atoms with van der Waals surface area (Å²) in [6, 6.07) is 0. The summed E-state index contributed by atoms with van der Waals surface area (Å²) in [6.07, 6.45) is 2.52. The van der Waals surface area contributed by atoms with Crippen LogP contribution in [-0.4, -0.2) is 46.4 Å². The number of aromatic nitrogens is 2. The van der Waals surface area contributed by atoms with Crippen LogP contribution >= 0.6 is 11.8 Å². The van der Waals surface area contributed by atoms with E-state index in [2.05, 4.69) is 9.97 Å². The lowest BCUT2D eigenvalue weighted by molar-refractivity contribution is 0.207. The molecule has 2 rings (SSSR count). The fourth-order valence-corrected chi connectivity index (χ4v) is 4.87. The van der Waals surface area contributed by atoms with E-state index in [0.29, 0.717) is 5.16 Å². The first kappa shape index (κ1) is 11.8. The highest BCUT2D eigenvalue weighted by Gasteiger charge is 2.37. The molecule has 0 radical (unpaired) electrons. The van der Waals surface area contributed by atoms with E-state index in [1.165, 1.54) is 11.8 Å². The Morgan fingerprint density at radius 1 is 1.38 bits per heavy atom. The van der Waals surface area contributed by atoms with Crippen LogP contribution in [0, 0.1) is 6.92 Å². The highest BCUT2D eigenvalue weighted by molar-refractivity contribution is 8.01. The Kier molecular flexibility index (Phi) is 3.18. The first-order valence-electron chi connectivity index (χ1n) is 4.80. The van der Waals surface area contributed by atoms with Gasteiger partial charge in [0.1, 0.15) is 0 Å². The minimum Gasteiger partial charge on any atom is -0.391 e. The Bertz CT molecular complexity index is 472. The van der Waals surface area contributed by atoms with Crippen LogP contribution < -0.4 is 0 Å². The maximum atomic E-state index is 11.3. The number of nitrogens with zero attached hydrogens (tertiary/aromatic N) is 2. The van der Waals surface area contributed by atoms with E-state index in [4.69, 9.17) is 0 Å². The van der Waals surface area contributed by atoms with Crippen LogP contribution in [0.5, 0.6) is 0 Å². The molecule has 1 N–H and O–H groups in total. The maximum absolute atomic E-state index is 11.3. The van der Waals surface area contributed by atoms with E-state index in [1.807, 2.05) is 6.92 Å². The van der Waals surface area contributed by atoms with E-state index in [0.717, 1.165) is 5.56 Å². The Morgan fingerprint density at radius 2 is 2.00 bits per heavy atom. The third-order valence-electron chi connectivity index (χ3n) is 2.29. The predicted molar refractivity (Wildman–Crippen MR) is 61.1 cm³/mol. The van der Waals surface area contributed by atoms with Crippen molar-refractivity contribution in [2.24, 2.45) is 0 Å². The molecule has 1 aromatic heterocycles. The molecule has 0 aliphatic carbocycles. The molecule has 0 amide bonds. The van der Waals surface area contributed by atoms with Crippen LogP contribution in [0.1, 0.15) is 5.56 Å². The molecule has 0 bridgehead atoms. The Labute approximate surface area is 98.2 Å². The van der Waals surface area contributed by atoms with Gasteiger partial charge in [-0.1, -0.05) is 11.8 Å². The van der Waals surface area contributed by atoms with E-state index < -0.39 is 15.9 Å². The molecule has 1 aliphatic heterocycles. The normalized spacial score (nSPS) is 28.1. The summed E-state index contributed by atoms with van der Waals surface area (Å²) < 4.78 is 22.6. The fraction of sp³-hybridized carbons (Fsp3) is 0.556. The number of hydrogen-bond donors (Lipinski definition) is 1. The summed E-state index contributed by atoms with van der Waals surface area (Å²) in [7, 11) is -3.10. The lowest BCUT2D eigenvalue weighted by Gasteiger charge is -2.10. The molecule has 0 aromatic carbocycles. The standard InChI is InChI=1S/C9H12N2O3S2/c1-6-2-10-9(11-3-6)15-8-5-16(13,14)4-7(8)12/h2-3,7-8,12H,4-5H2,1H3. The van der Waals surface area contributed by atoms with Crippen LogP contribution in [0.15, 0.2) is 17.6 Å². The summed E-state index contributed by atoms with van der Waals surface area (Å²) in [5.74, 6) is -0.160. The number of aliphatic hydroxyl groups excluding tert-OH is 1. The summed E-state index contributed by atoms with van der Waals surface area (Å²) in [5, 5.41) is 9.74. The summed E-state index contributed by atoms with van der Waals surface area (Å²) >= 11 is 1.22. The Hall–Kier alpha value is -0.660. The van der Waals surface area contributed by atoms with Gasteiger partial charge in [-0.3, -0.25) is 0 Å². The van der Waals surface area contributed by atoms with Crippen LogP contribution in [0.25, 0.3) is 0 Å². The lowest BCUT2D eigenvalue weighted by Crippen LogP contribution is -2.20. The van der Waals surface area contributed by atoms with Crippen molar-refractivity contribution in [3.05, 3.63) is 18.0 Å². The second-order valence-electron chi connectivity index (χ2n) is 3.84. The van der Waals surface area contributed by atoms with Crippen LogP contribution in [0.3, 0.4) is 0 Å². The number of sulfone groups is 1. The topological polar surface area (TPSA) is 80.2 Å². The second kappa shape index (κ2) is 4.31. The number of aryl methyl sites for hydroxylation is 1. The highest BCUT2D eigenvalue weighted by atomic mass is 32.2.